The molecule has 29 heavy (non-hydrogen) atoms. The summed E-state index contributed by atoms with van der Waals surface area (Å²) in [6, 6.07) is 7.58. The second-order valence-electron chi connectivity index (χ2n) is 7.67. The van der Waals surface area contributed by atoms with Crippen molar-refractivity contribution in [2.75, 3.05) is 20.2 Å². The van der Waals surface area contributed by atoms with Crippen LogP contribution in [0.5, 0.6) is 5.75 Å². The molecule has 3 aromatic rings. The molecule has 7 heteroatoms. The lowest BCUT2D eigenvalue weighted by Crippen LogP contribution is -2.40. The van der Waals surface area contributed by atoms with Gasteiger partial charge in [0, 0.05) is 23.2 Å². The third kappa shape index (κ3) is 4.46. The van der Waals surface area contributed by atoms with Crippen LogP contribution >= 0.6 is 11.3 Å². The molecule has 1 amide bonds. The SMILES string of the molecule is COc1cccc2cc(C(C)NC(=O)C3CCN(Cc4csc(C)n4)CC3)oc12. The molecule has 0 radical (unpaired) electrons. The fraction of sp³-hybridized carbons (Fsp3) is 0.455. The number of thiazole rings is 1. The number of piperidine rings is 1. The number of fused-ring (bicyclic) bond motifs is 1. The van der Waals surface area contributed by atoms with E-state index in [1.54, 1.807) is 18.4 Å². The fourth-order valence-electron chi connectivity index (χ4n) is 3.90. The number of ether oxygens (including phenoxy) is 1. The van der Waals surface area contributed by atoms with Crippen LogP contribution in [0.1, 0.15) is 42.3 Å². The number of nitrogens with zero attached hydrogens (tertiary/aromatic N) is 2. The molecular weight excluding hydrogens is 386 g/mol. The highest BCUT2D eigenvalue weighted by atomic mass is 32.1. The van der Waals surface area contributed by atoms with E-state index >= 15 is 0 Å². The number of hydrogen-bond acceptors (Lipinski definition) is 6. The zero-order valence-corrected chi connectivity index (χ0v) is 17.9. The van der Waals surface area contributed by atoms with Gasteiger partial charge in [0.2, 0.25) is 5.91 Å². The standard InChI is InChI=1S/C22H27N3O3S/c1-14(20-11-17-5-4-6-19(27-3)21(17)28-20)23-22(26)16-7-9-25(10-8-16)12-18-13-29-15(2)24-18/h4-6,11,13-14,16H,7-10,12H2,1-3H3,(H,23,26). The van der Waals surface area contributed by atoms with Crippen LogP contribution in [0.2, 0.25) is 0 Å². The predicted molar refractivity (Wildman–Crippen MR) is 114 cm³/mol. The molecule has 2 aromatic heterocycles. The molecule has 1 aliphatic rings. The molecule has 4 rings (SSSR count). The van der Waals surface area contributed by atoms with Crippen LogP contribution in [-0.2, 0) is 11.3 Å². The van der Waals surface area contributed by atoms with Gasteiger partial charge in [0.1, 0.15) is 5.76 Å². The van der Waals surface area contributed by atoms with E-state index in [1.165, 1.54) is 0 Å². The summed E-state index contributed by atoms with van der Waals surface area (Å²) in [5, 5.41) is 7.33. The Hall–Kier alpha value is -2.38. The predicted octanol–water partition coefficient (Wildman–Crippen LogP) is 4.30. The zero-order valence-electron chi connectivity index (χ0n) is 17.1. The van der Waals surface area contributed by atoms with Gasteiger partial charge in [-0.2, -0.15) is 0 Å². The Balaban J connectivity index is 1.32. The van der Waals surface area contributed by atoms with E-state index in [9.17, 15) is 4.79 Å². The number of aryl methyl sites for hydroxylation is 1. The van der Waals surface area contributed by atoms with Crippen LogP contribution in [0.15, 0.2) is 34.1 Å². The topological polar surface area (TPSA) is 67.6 Å². The first-order chi connectivity index (χ1) is 14.0. The van der Waals surface area contributed by atoms with Crippen LogP contribution < -0.4 is 10.1 Å². The van der Waals surface area contributed by atoms with Gasteiger partial charge in [-0.05, 0) is 51.9 Å². The summed E-state index contributed by atoms with van der Waals surface area (Å²) in [5.41, 5.74) is 1.85. The van der Waals surface area contributed by atoms with E-state index in [-0.39, 0.29) is 17.9 Å². The van der Waals surface area contributed by atoms with E-state index < -0.39 is 0 Å². The minimum Gasteiger partial charge on any atom is -0.493 e. The van der Waals surface area contributed by atoms with Crippen LogP contribution in [0.4, 0.5) is 0 Å². The lowest BCUT2D eigenvalue weighted by atomic mass is 9.95. The number of aromatic nitrogens is 1. The third-order valence-electron chi connectivity index (χ3n) is 5.54. The summed E-state index contributed by atoms with van der Waals surface area (Å²) in [4.78, 5) is 19.7. The van der Waals surface area contributed by atoms with Crippen molar-refractivity contribution in [1.29, 1.82) is 0 Å². The molecule has 0 saturated carbocycles. The summed E-state index contributed by atoms with van der Waals surface area (Å²) in [7, 11) is 1.63. The van der Waals surface area contributed by atoms with Crippen LogP contribution in [0.3, 0.4) is 0 Å². The van der Waals surface area contributed by atoms with E-state index in [4.69, 9.17) is 9.15 Å². The third-order valence-corrected chi connectivity index (χ3v) is 6.37. The Kier molecular flexibility index (Phi) is 5.87. The van der Waals surface area contributed by atoms with Gasteiger partial charge >= 0.3 is 0 Å². The second kappa shape index (κ2) is 8.55. The minimum absolute atomic E-state index is 0.0461. The van der Waals surface area contributed by atoms with E-state index in [0.717, 1.165) is 59.9 Å². The maximum absolute atomic E-state index is 12.8. The van der Waals surface area contributed by atoms with Gasteiger partial charge in [0.05, 0.1) is 23.9 Å². The van der Waals surface area contributed by atoms with Crippen LogP contribution in [0.25, 0.3) is 11.0 Å². The number of methoxy groups -OCH3 is 1. The van der Waals surface area contributed by atoms with Crippen molar-refractivity contribution in [3.05, 3.63) is 46.1 Å². The number of rotatable bonds is 6. The van der Waals surface area contributed by atoms with Crippen molar-refractivity contribution in [2.45, 2.75) is 39.3 Å². The first kappa shape index (κ1) is 19.9. The first-order valence-corrected chi connectivity index (χ1v) is 10.9. The van der Waals surface area contributed by atoms with Gasteiger partial charge in [0.25, 0.3) is 0 Å². The molecule has 1 unspecified atom stereocenters. The van der Waals surface area contributed by atoms with Crippen molar-refractivity contribution in [3.8, 4) is 5.75 Å². The highest BCUT2D eigenvalue weighted by Crippen LogP contribution is 2.31. The molecule has 0 bridgehead atoms. The highest BCUT2D eigenvalue weighted by molar-refractivity contribution is 7.09. The summed E-state index contributed by atoms with van der Waals surface area (Å²) >= 11 is 1.69. The van der Waals surface area contributed by atoms with Gasteiger partial charge in [-0.1, -0.05) is 12.1 Å². The number of benzene rings is 1. The van der Waals surface area contributed by atoms with Gasteiger partial charge < -0.3 is 14.5 Å². The van der Waals surface area contributed by atoms with Gasteiger partial charge in [-0.25, -0.2) is 4.98 Å². The molecule has 1 fully saturated rings. The number of carbonyl (C=O) groups is 1. The lowest BCUT2D eigenvalue weighted by Gasteiger charge is -2.31. The Bertz CT molecular complexity index is 988. The smallest absolute Gasteiger partial charge is 0.223 e. The van der Waals surface area contributed by atoms with Gasteiger partial charge in [0.15, 0.2) is 11.3 Å². The number of nitrogens with one attached hydrogen (secondary N) is 1. The number of amides is 1. The second-order valence-corrected chi connectivity index (χ2v) is 8.73. The van der Waals surface area contributed by atoms with Crippen molar-refractivity contribution in [1.82, 2.24) is 15.2 Å². The highest BCUT2D eigenvalue weighted by Gasteiger charge is 2.27. The molecule has 6 nitrogen and oxygen atoms in total. The Morgan fingerprint density at radius 3 is 2.90 bits per heavy atom. The summed E-state index contributed by atoms with van der Waals surface area (Å²) in [5.74, 6) is 1.60. The number of hydrogen-bond donors (Lipinski definition) is 1. The molecule has 0 spiro atoms. The molecule has 0 aliphatic carbocycles. The maximum Gasteiger partial charge on any atom is 0.223 e. The molecule has 1 aromatic carbocycles. The molecule has 1 N–H and O–H groups in total. The molecule has 1 aliphatic heterocycles. The summed E-state index contributed by atoms with van der Waals surface area (Å²) in [6.45, 7) is 6.71. The zero-order chi connectivity index (χ0) is 20.4. The molecule has 1 saturated heterocycles. The van der Waals surface area contributed by atoms with Crippen molar-refractivity contribution in [3.63, 3.8) is 0 Å². The van der Waals surface area contributed by atoms with Crippen molar-refractivity contribution < 1.29 is 13.9 Å². The molecule has 154 valence electrons. The average Bonchev–Trinajstić information content (AvgIpc) is 3.34. The van der Waals surface area contributed by atoms with Crippen molar-refractivity contribution in [2.24, 2.45) is 5.92 Å². The first-order valence-electron chi connectivity index (χ1n) is 10.0. The van der Waals surface area contributed by atoms with Crippen molar-refractivity contribution >= 4 is 28.2 Å². The minimum atomic E-state index is -0.185. The maximum atomic E-state index is 12.8. The van der Waals surface area contributed by atoms with Crippen LogP contribution in [0, 0.1) is 12.8 Å². The van der Waals surface area contributed by atoms with Gasteiger partial charge in [-0.15, -0.1) is 11.3 Å². The van der Waals surface area contributed by atoms with E-state index in [2.05, 4.69) is 20.6 Å². The largest absolute Gasteiger partial charge is 0.493 e. The Morgan fingerprint density at radius 2 is 2.21 bits per heavy atom. The number of carbonyl (C=O) groups excluding carboxylic acids is 1. The monoisotopic (exact) mass is 413 g/mol. The lowest BCUT2D eigenvalue weighted by molar-refractivity contribution is -0.127. The number of likely N-dealkylation sites (tertiary alicyclic amines) is 1. The van der Waals surface area contributed by atoms with E-state index in [0.29, 0.717) is 5.75 Å². The number of furan rings is 1. The Morgan fingerprint density at radius 1 is 1.41 bits per heavy atom. The van der Waals surface area contributed by atoms with E-state index in [1.807, 2.05) is 38.1 Å². The Labute approximate surface area is 174 Å². The van der Waals surface area contributed by atoms with Gasteiger partial charge in [-0.3, -0.25) is 9.69 Å². The molecule has 3 heterocycles. The number of para-hydroxylation sites is 1. The molecule has 1 atom stereocenters. The quantitative estimate of drug-likeness (QED) is 0.653. The summed E-state index contributed by atoms with van der Waals surface area (Å²) < 4.78 is 11.3. The fourth-order valence-corrected chi connectivity index (χ4v) is 4.50. The molecular formula is C22H27N3O3S. The average molecular weight is 414 g/mol. The van der Waals surface area contributed by atoms with Crippen LogP contribution in [-0.4, -0.2) is 36.0 Å². The normalized spacial score (nSPS) is 16.8. The summed E-state index contributed by atoms with van der Waals surface area (Å²) in [6.07, 6.45) is 1.74.